The lowest BCUT2D eigenvalue weighted by Gasteiger charge is -2.20. The van der Waals surface area contributed by atoms with Gasteiger partial charge in [-0.15, -0.1) is 11.3 Å². The van der Waals surface area contributed by atoms with Gasteiger partial charge in [0, 0.05) is 24.5 Å². The van der Waals surface area contributed by atoms with Gasteiger partial charge in [0.05, 0.1) is 5.69 Å². The highest BCUT2D eigenvalue weighted by molar-refractivity contribution is 7.13. The molecule has 0 aliphatic heterocycles. The van der Waals surface area contributed by atoms with Crippen LogP contribution in [0.2, 0.25) is 0 Å². The minimum atomic E-state index is 0.0418. The van der Waals surface area contributed by atoms with Crippen LogP contribution >= 0.6 is 11.3 Å². The van der Waals surface area contributed by atoms with Gasteiger partial charge in [-0.3, -0.25) is 0 Å². The van der Waals surface area contributed by atoms with E-state index in [0.717, 1.165) is 36.8 Å². The monoisotopic (exact) mass is 227 g/mol. The summed E-state index contributed by atoms with van der Waals surface area (Å²) in [4.78, 5) is 6.91. The number of rotatable bonds is 6. The molecule has 0 aliphatic rings. The van der Waals surface area contributed by atoms with Gasteiger partial charge in [0.25, 0.3) is 0 Å². The first-order valence-corrected chi connectivity index (χ1v) is 6.53. The van der Waals surface area contributed by atoms with Gasteiger partial charge in [-0.1, -0.05) is 13.8 Å². The van der Waals surface area contributed by atoms with Crippen molar-refractivity contribution < 1.29 is 0 Å². The van der Waals surface area contributed by atoms with Crippen LogP contribution in [-0.2, 0) is 0 Å². The zero-order chi connectivity index (χ0) is 11.3. The number of thiazole rings is 1. The van der Waals surface area contributed by atoms with Gasteiger partial charge < -0.3 is 10.6 Å². The number of nitrogens with zero attached hydrogens (tertiary/aromatic N) is 2. The summed E-state index contributed by atoms with van der Waals surface area (Å²) in [5.41, 5.74) is 6.81. The van der Waals surface area contributed by atoms with Crippen molar-refractivity contribution in [3.8, 4) is 0 Å². The molecule has 0 amide bonds. The van der Waals surface area contributed by atoms with E-state index < -0.39 is 0 Å². The van der Waals surface area contributed by atoms with Crippen molar-refractivity contribution in [1.82, 2.24) is 4.98 Å². The highest BCUT2D eigenvalue weighted by Crippen LogP contribution is 2.23. The van der Waals surface area contributed by atoms with Gasteiger partial charge in [0.15, 0.2) is 5.13 Å². The SMILES string of the molecule is CCCN(CCC)c1nc(C(C)N)cs1. The fourth-order valence-electron chi connectivity index (χ4n) is 1.47. The first kappa shape index (κ1) is 12.5. The van der Waals surface area contributed by atoms with Crippen LogP contribution in [0.3, 0.4) is 0 Å². The molecule has 3 nitrogen and oxygen atoms in total. The Balaban J connectivity index is 2.72. The topological polar surface area (TPSA) is 42.2 Å². The molecule has 1 aromatic rings. The molecular formula is C11H21N3S. The summed E-state index contributed by atoms with van der Waals surface area (Å²) in [6.45, 7) is 8.54. The lowest BCUT2D eigenvalue weighted by Crippen LogP contribution is -2.24. The van der Waals surface area contributed by atoms with Crippen molar-refractivity contribution in [3.63, 3.8) is 0 Å². The molecule has 1 aromatic heterocycles. The Morgan fingerprint density at radius 1 is 1.40 bits per heavy atom. The van der Waals surface area contributed by atoms with E-state index in [-0.39, 0.29) is 6.04 Å². The number of hydrogen-bond donors (Lipinski definition) is 1. The molecule has 0 saturated carbocycles. The number of nitrogens with two attached hydrogens (primary N) is 1. The second kappa shape index (κ2) is 6.08. The first-order chi connectivity index (χ1) is 7.19. The molecule has 15 heavy (non-hydrogen) atoms. The van der Waals surface area contributed by atoms with E-state index in [4.69, 9.17) is 5.73 Å². The zero-order valence-electron chi connectivity index (χ0n) is 9.86. The Bertz CT molecular complexity index is 277. The normalized spacial score (nSPS) is 12.8. The van der Waals surface area contributed by atoms with Crippen molar-refractivity contribution in [2.45, 2.75) is 39.7 Å². The summed E-state index contributed by atoms with van der Waals surface area (Å²) in [5.74, 6) is 0. The van der Waals surface area contributed by atoms with Crippen LogP contribution in [0.4, 0.5) is 5.13 Å². The lowest BCUT2D eigenvalue weighted by molar-refractivity contribution is 0.731. The van der Waals surface area contributed by atoms with E-state index in [1.165, 1.54) is 0 Å². The summed E-state index contributed by atoms with van der Waals surface area (Å²) in [7, 11) is 0. The molecule has 0 spiro atoms. The van der Waals surface area contributed by atoms with Crippen molar-refractivity contribution in [2.24, 2.45) is 5.73 Å². The third kappa shape index (κ3) is 3.47. The molecule has 0 aliphatic carbocycles. The molecular weight excluding hydrogens is 206 g/mol. The quantitative estimate of drug-likeness (QED) is 0.812. The third-order valence-electron chi connectivity index (χ3n) is 2.23. The molecule has 1 rings (SSSR count). The van der Waals surface area contributed by atoms with E-state index in [1.807, 2.05) is 6.92 Å². The minimum absolute atomic E-state index is 0.0418. The highest BCUT2D eigenvalue weighted by atomic mass is 32.1. The van der Waals surface area contributed by atoms with Crippen LogP contribution in [0.15, 0.2) is 5.38 Å². The second-order valence-electron chi connectivity index (χ2n) is 3.83. The van der Waals surface area contributed by atoms with Crippen LogP contribution < -0.4 is 10.6 Å². The maximum absolute atomic E-state index is 5.80. The number of anilines is 1. The Labute approximate surface area is 96.3 Å². The van der Waals surface area contributed by atoms with Gasteiger partial charge in [-0.2, -0.15) is 0 Å². The van der Waals surface area contributed by atoms with E-state index >= 15 is 0 Å². The summed E-state index contributed by atoms with van der Waals surface area (Å²) < 4.78 is 0. The Morgan fingerprint density at radius 3 is 2.40 bits per heavy atom. The average Bonchev–Trinajstić information content (AvgIpc) is 2.66. The molecule has 0 saturated heterocycles. The average molecular weight is 227 g/mol. The molecule has 4 heteroatoms. The van der Waals surface area contributed by atoms with Crippen LogP contribution in [0.5, 0.6) is 0 Å². The molecule has 0 bridgehead atoms. The van der Waals surface area contributed by atoms with Crippen LogP contribution in [-0.4, -0.2) is 18.1 Å². The highest BCUT2D eigenvalue weighted by Gasteiger charge is 2.11. The number of aromatic nitrogens is 1. The third-order valence-corrected chi connectivity index (χ3v) is 3.15. The second-order valence-corrected chi connectivity index (χ2v) is 4.67. The van der Waals surface area contributed by atoms with E-state index in [1.54, 1.807) is 11.3 Å². The smallest absolute Gasteiger partial charge is 0.185 e. The maximum Gasteiger partial charge on any atom is 0.185 e. The molecule has 0 aromatic carbocycles. The fourth-order valence-corrected chi connectivity index (χ4v) is 2.46. The predicted molar refractivity (Wildman–Crippen MR) is 67.5 cm³/mol. The summed E-state index contributed by atoms with van der Waals surface area (Å²) in [5, 5.41) is 3.18. The standard InChI is InChI=1S/C11H21N3S/c1-4-6-14(7-5-2)11-13-10(8-15-11)9(3)12/h8-9H,4-7,12H2,1-3H3. The molecule has 0 radical (unpaired) electrons. The Kier molecular flexibility index (Phi) is 5.05. The molecule has 0 fully saturated rings. The van der Waals surface area contributed by atoms with Gasteiger partial charge in [0.1, 0.15) is 0 Å². The van der Waals surface area contributed by atoms with E-state index in [0.29, 0.717) is 0 Å². The van der Waals surface area contributed by atoms with E-state index in [9.17, 15) is 0 Å². The van der Waals surface area contributed by atoms with Crippen molar-refractivity contribution >= 4 is 16.5 Å². The minimum Gasteiger partial charge on any atom is -0.348 e. The molecule has 1 heterocycles. The van der Waals surface area contributed by atoms with Gasteiger partial charge in [-0.05, 0) is 19.8 Å². The van der Waals surface area contributed by atoms with Crippen LogP contribution in [0.1, 0.15) is 45.3 Å². The molecule has 1 unspecified atom stereocenters. The Hall–Kier alpha value is -0.610. The number of hydrogen-bond acceptors (Lipinski definition) is 4. The first-order valence-electron chi connectivity index (χ1n) is 5.65. The van der Waals surface area contributed by atoms with Gasteiger partial charge >= 0.3 is 0 Å². The van der Waals surface area contributed by atoms with Crippen LogP contribution in [0, 0.1) is 0 Å². The van der Waals surface area contributed by atoms with Crippen molar-refractivity contribution in [1.29, 1.82) is 0 Å². The summed E-state index contributed by atoms with van der Waals surface area (Å²) in [6, 6.07) is 0.0418. The zero-order valence-corrected chi connectivity index (χ0v) is 10.7. The van der Waals surface area contributed by atoms with Gasteiger partial charge in [0.2, 0.25) is 0 Å². The van der Waals surface area contributed by atoms with Gasteiger partial charge in [-0.25, -0.2) is 4.98 Å². The maximum atomic E-state index is 5.80. The lowest BCUT2D eigenvalue weighted by atomic mass is 10.3. The van der Waals surface area contributed by atoms with Crippen LogP contribution in [0.25, 0.3) is 0 Å². The van der Waals surface area contributed by atoms with Crippen molar-refractivity contribution in [3.05, 3.63) is 11.1 Å². The van der Waals surface area contributed by atoms with Crippen molar-refractivity contribution in [2.75, 3.05) is 18.0 Å². The molecule has 86 valence electrons. The Morgan fingerprint density at radius 2 is 2.00 bits per heavy atom. The summed E-state index contributed by atoms with van der Waals surface area (Å²) in [6.07, 6.45) is 2.32. The van der Waals surface area contributed by atoms with E-state index in [2.05, 4.69) is 29.1 Å². The summed E-state index contributed by atoms with van der Waals surface area (Å²) >= 11 is 1.70. The molecule has 1 atom stereocenters. The predicted octanol–water partition coefficient (Wildman–Crippen LogP) is 2.79. The molecule has 2 N–H and O–H groups in total. The largest absolute Gasteiger partial charge is 0.348 e. The fraction of sp³-hybridized carbons (Fsp3) is 0.727.